The zero-order valence-electron chi connectivity index (χ0n) is 13.3. The summed E-state index contributed by atoms with van der Waals surface area (Å²) in [4.78, 5) is 10.9. The number of hydrogen-bond acceptors (Lipinski definition) is 5. The fraction of sp³-hybridized carbons (Fsp3) is 0.444. The van der Waals surface area contributed by atoms with Crippen LogP contribution in [-0.2, 0) is 6.54 Å². The second kappa shape index (κ2) is 8.04. The number of aliphatic hydroxyl groups excluding tert-OH is 1. The van der Waals surface area contributed by atoms with Gasteiger partial charge in [0.15, 0.2) is 0 Å². The van der Waals surface area contributed by atoms with Crippen molar-refractivity contribution in [2.45, 2.75) is 25.3 Å². The van der Waals surface area contributed by atoms with Crippen molar-refractivity contribution in [3.63, 3.8) is 0 Å². The van der Waals surface area contributed by atoms with Crippen molar-refractivity contribution in [1.82, 2.24) is 14.9 Å². The van der Waals surface area contributed by atoms with Crippen molar-refractivity contribution < 1.29 is 9.84 Å². The minimum absolute atomic E-state index is 0.0387. The van der Waals surface area contributed by atoms with Gasteiger partial charge in [-0.25, -0.2) is 9.97 Å². The molecule has 3 rings (SSSR count). The van der Waals surface area contributed by atoms with Crippen LogP contribution in [0.5, 0.6) is 5.75 Å². The molecule has 1 aromatic carbocycles. The molecule has 1 saturated heterocycles. The van der Waals surface area contributed by atoms with Crippen LogP contribution in [-0.4, -0.2) is 46.3 Å². The van der Waals surface area contributed by atoms with Crippen LogP contribution in [0.2, 0.25) is 0 Å². The third kappa shape index (κ3) is 4.50. The number of piperidine rings is 1. The Balaban J connectivity index is 1.61. The van der Waals surface area contributed by atoms with E-state index in [1.54, 1.807) is 6.33 Å². The summed E-state index contributed by atoms with van der Waals surface area (Å²) in [6.07, 6.45) is 5.84. The normalized spacial score (nSPS) is 18.7. The fourth-order valence-corrected chi connectivity index (χ4v) is 3.14. The predicted molar refractivity (Wildman–Crippen MR) is 88.3 cm³/mol. The van der Waals surface area contributed by atoms with E-state index in [2.05, 4.69) is 27.0 Å². The zero-order chi connectivity index (χ0) is 15.9. The highest BCUT2D eigenvalue weighted by molar-refractivity contribution is 5.28. The summed E-state index contributed by atoms with van der Waals surface area (Å²) >= 11 is 0. The second-order valence-electron chi connectivity index (χ2n) is 5.93. The predicted octanol–water partition coefficient (Wildman–Crippen LogP) is 2.23. The van der Waals surface area contributed by atoms with E-state index in [1.807, 2.05) is 24.4 Å². The first-order valence-electron chi connectivity index (χ1n) is 8.16. The van der Waals surface area contributed by atoms with E-state index in [9.17, 15) is 0 Å². The molecule has 1 atom stereocenters. The number of aliphatic hydroxyl groups is 1. The zero-order valence-corrected chi connectivity index (χ0v) is 13.3. The summed E-state index contributed by atoms with van der Waals surface area (Å²) in [6, 6.07) is 10.1. The molecule has 0 bridgehead atoms. The standard InChI is InChI=1S/C18H23N3O2/c22-9-10-23-17-5-1-3-15(11-17)12-21-8-2-4-16(13-21)18-6-7-19-14-20-18/h1,3,5-7,11,14,16,22H,2,4,8-10,12-13H2. The molecule has 0 spiro atoms. The average molecular weight is 313 g/mol. The van der Waals surface area contributed by atoms with E-state index >= 15 is 0 Å². The first-order valence-corrected chi connectivity index (χ1v) is 8.16. The van der Waals surface area contributed by atoms with E-state index in [0.717, 1.165) is 31.1 Å². The van der Waals surface area contributed by atoms with Gasteiger partial charge in [-0.2, -0.15) is 0 Å². The molecule has 1 unspecified atom stereocenters. The number of rotatable bonds is 6. The number of aromatic nitrogens is 2. The molecule has 0 saturated carbocycles. The number of ether oxygens (including phenoxy) is 1. The number of hydrogen-bond donors (Lipinski definition) is 1. The third-order valence-electron chi connectivity index (χ3n) is 4.19. The van der Waals surface area contributed by atoms with Crippen molar-refractivity contribution in [3.05, 3.63) is 54.1 Å². The summed E-state index contributed by atoms with van der Waals surface area (Å²) in [7, 11) is 0. The van der Waals surface area contributed by atoms with E-state index in [4.69, 9.17) is 9.84 Å². The molecule has 23 heavy (non-hydrogen) atoms. The Morgan fingerprint density at radius 3 is 3.09 bits per heavy atom. The van der Waals surface area contributed by atoms with Gasteiger partial charge in [0.2, 0.25) is 0 Å². The van der Waals surface area contributed by atoms with Gasteiger partial charge in [-0.3, -0.25) is 4.90 Å². The molecular formula is C18H23N3O2. The Labute approximate surface area is 137 Å². The van der Waals surface area contributed by atoms with Crippen molar-refractivity contribution in [1.29, 1.82) is 0 Å². The molecule has 5 heteroatoms. The summed E-state index contributed by atoms with van der Waals surface area (Å²) < 4.78 is 5.49. The molecule has 0 aliphatic carbocycles. The van der Waals surface area contributed by atoms with E-state index < -0.39 is 0 Å². The summed E-state index contributed by atoms with van der Waals surface area (Å²) in [6.45, 7) is 3.43. The molecule has 1 fully saturated rings. The Morgan fingerprint density at radius 1 is 1.30 bits per heavy atom. The van der Waals surface area contributed by atoms with Crippen molar-refractivity contribution in [3.8, 4) is 5.75 Å². The lowest BCUT2D eigenvalue weighted by Crippen LogP contribution is -2.34. The molecule has 2 aromatic rings. The van der Waals surface area contributed by atoms with Gasteiger partial charge in [-0.15, -0.1) is 0 Å². The lowest BCUT2D eigenvalue weighted by Gasteiger charge is -2.32. The Morgan fingerprint density at radius 2 is 2.26 bits per heavy atom. The molecule has 1 aromatic heterocycles. The van der Waals surface area contributed by atoms with Gasteiger partial charge in [0.05, 0.1) is 6.61 Å². The maximum atomic E-state index is 8.85. The molecular weight excluding hydrogens is 290 g/mol. The van der Waals surface area contributed by atoms with Gasteiger partial charge >= 0.3 is 0 Å². The van der Waals surface area contributed by atoms with E-state index in [0.29, 0.717) is 12.5 Å². The maximum Gasteiger partial charge on any atom is 0.119 e. The SMILES string of the molecule is OCCOc1cccc(CN2CCCC(c3ccncn3)C2)c1. The lowest BCUT2D eigenvalue weighted by molar-refractivity contribution is 0.195. The smallest absolute Gasteiger partial charge is 0.119 e. The quantitative estimate of drug-likeness (QED) is 0.886. The highest BCUT2D eigenvalue weighted by atomic mass is 16.5. The fourth-order valence-electron chi connectivity index (χ4n) is 3.14. The second-order valence-corrected chi connectivity index (χ2v) is 5.93. The molecule has 0 radical (unpaired) electrons. The molecule has 5 nitrogen and oxygen atoms in total. The number of nitrogens with zero attached hydrogens (tertiary/aromatic N) is 3. The molecule has 122 valence electrons. The molecule has 1 N–H and O–H groups in total. The van der Waals surface area contributed by atoms with Crippen LogP contribution >= 0.6 is 0 Å². The van der Waals surface area contributed by atoms with E-state index in [1.165, 1.54) is 18.4 Å². The topological polar surface area (TPSA) is 58.5 Å². The van der Waals surface area contributed by atoms with Crippen LogP contribution in [0.4, 0.5) is 0 Å². The summed E-state index contributed by atoms with van der Waals surface area (Å²) in [5.41, 5.74) is 2.38. The summed E-state index contributed by atoms with van der Waals surface area (Å²) in [5, 5.41) is 8.85. The van der Waals surface area contributed by atoms with Crippen molar-refractivity contribution in [2.24, 2.45) is 0 Å². The van der Waals surface area contributed by atoms with Gasteiger partial charge in [0.1, 0.15) is 18.7 Å². The van der Waals surface area contributed by atoms with E-state index in [-0.39, 0.29) is 6.61 Å². The van der Waals surface area contributed by atoms with Crippen LogP contribution in [0.25, 0.3) is 0 Å². The number of benzene rings is 1. The third-order valence-corrected chi connectivity index (χ3v) is 4.19. The molecule has 1 aliphatic rings. The van der Waals surface area contributed by atoms with Crippen molar-refractivity contribution in [2.75, 3.05) is 26.3 Å². The van der Waals surface area contributed by atoms with Gasteiger partial charge in [0, 0.05) is 30.9 Å². The highest BCUT2D eigenvalue weighted by Crippen LogP contribution is 2.26. The van der Waals surface area contributed by atoms with Gasteiger partial charge in [-0.05, 0) is 43.1 Å². The van der Waals surface area contributed by atoms with Crippen LogP contribution in [0.3, 0.4) is 0 Å². The monoisotopic (exact) mass is 313 g/mol. The molecule has 2 heterocycles. The first kappa shape index (κ1) is 15.9. The first-order chi connectivity index (χ1) is 11.3. The van der Waals surface area contributed by atoms with Crippen molar-refractivity contribution >= 4 is 0 Å². The minimum Gasteiger partial charge on any atom is -0.491 e. The Hall–Kier alpha value is -1.98. The van der Waals surface area contributed by atoms with Crippen LogP contribution < -0.4 is 4.74 Å². The summed E-state index contributed by atoms with van der Waals surface area (Å²) in [5.74, 6) is 1.31. The molecule has 0 amide bonds. The average Bonchev–Trinajstić information content (AvgIpc) is 2.61. The van der Waals surface area contributed by atoms with Gasteiger partial charge < -0.3 is 9.84 Å². The minimum atomic E-state index is 0.0387. The largest absolute Gasteiger partial charge is 0.491 e. The lowest BCUT2D eigenvalue weighted by atomic mass is 9.94. The van der Waals surface area contributed by atoms with Crippen LogP contribution in [0.1, 0.15) is 30.0 Å². The maximum absolute atomic E-state index is 8.85. The van der Waals surface area contributed by atoms with Gasteiger partial charge in [-0.1, -0.05) is 12.1 Å². The highest BCUT2D eigenvalue weighted by Gasteiger charge is 2.22. The Bertz CT molecular complexity index is 606. The van der Waals surface area contributed by atoms with Gasteiger partial charge in [0.25, 0.3) is 0 Å². The van der Waals surface area contributed by atoms with Crippen LogP contribution in [0, 0.1) is 0 Å². The molecule has 1 aliphatic heterocycles. The van der Waals surface area contributed by atoms with Crippen LogP contribution in [0.15, 0.2) is 42.9 Å². The Kier molecular flexibility index (Phi) is 5.56. The number of likely N-dealkylation sites (tertiary alicyclic amines) is 1.